The average molecular weight is 359 g/mol. The van der Waals surface area contributed by atoms with E-state index < -0.39 is 20.8 Å². The quantitative estimate of drug-likeness (QED) is 0.449. The molecule has 1 heterocycles. The molecule has 0 saturated heterocycles. The summed E-state index contributed by atoms with van der Waals surface area (Å²) in [6.45, 7) is 2.00. The Labute approximate surface area is 136 Å². The smallest absolute Gasteiger partial charge is 0.272 e. The fourth-order valence-electron chi connectivity index (χ4n) is 1.77. The van der Waals surface area contributed by atoms with Crippen LogP contribution in [0.4, 0.5) is 15.8 Å². The number of nitro groups is 1. The normalized spacial score (nSPS) is 11.4. The molecule has 0 spiro atoms. The molecule has 7 nitrogen and oxygen atoms in total. The molecule has 0 amide bonds. The van der Waals surface area contributed by atoms with Gasteiger partial charge in [0.15, 0.2) is 5.82 Å². The van der Waals surface area contributed by atoms with Gasteiger partial charge in [-0.1, -0.05) is 0 Å². The number of non-ortho nitro benzene ring substituents is 1. The third-order valence-electron chi connectivity index (χ3n) is 2.88. The number of nitrogens with one attached hydrogen (secondary N) is 2. The number of benzene rings is 1. The van der Waals surface area contributed by atoms with E-state index in [4.69, 9.17) is 0 Å². The van der Waals surface area contributed by atoms with Crippen LogP contribution in [0, 0.1) is 22.9 Å². The lowest BCUT2D eigenvalue weighted by molar-refractivity contribution is -0.385. The van der Waals surface area contributed by atoms with Gasteiger partial charge in [-0.15, -0.1) is 11.3 Å². The third-order valence-corrected chi connectivity index (χ3v) is 5.83. The van der Waals surface area contributed by atoms with Gasteiger partial charge in [-0.2, -0.15) is 0 Å². The van der Waals surface area contributed by atoms with Crippen molar-refractivity contribution in [2.45, 2.75) is 11.1 Å². The summed E-state index contributed by atoms with van der Waals surface area (Å²) in [5, 5.41) is 13.2. The summed E-state index contributed by atoms with van der Waals surface area (Å²) in [6.07, 6.45) is 0. The Morgan fingerprint density at radius 3 is 2.57 bits per heavy atom. The summed E-state index contributed by atoms with van der Waals surface area (Å²) < 4.78 is 40.2. The maximum absolute atomic E-state index is 13.6. The predicted molar refractivity (Wildman–Crippen MR) is 85.8 cm³/mol. The summed E-state index contributed by atoms with van der Waals surface area (Å²) in [5.41, 5.74) is -0.274. The Morgan fingerprint density at radius 1 is 1.26 bits per heavy atom. The van der Waals surface area contributed by atoms with Crippen molar-refractivity contribution < 1.29 is 17.7 Å². The highest BCUT2D eigenvalue weighted by Gasteiger charge is 2.15. The van der Waals surface area contributed by atoms with Gasteiger partial charge in [0.25, 0.3) is 5.69 Å². The standard InChI is InChI=1S/C13H14FN3O4S2/c1-9-2-5-13(22-9)23(20,21)16-7-6-15-12-4-3-10(17(18)19)8-11(12)14/h2-5,8,15-16H,6-7H2,1H3. The van der Waals surface area contributed by atoms with Crippen molar-refractivity contribution in [2.24, 2.45) is 0 Å². The SMILES string of the molecule is Cc1ccc(S(=O)(=O)NCCNc2ccc([N+](=O)[O-])cc2F)s1. The maximum Gasteiger partial charge on any atom is 0.272 e. The van der Waals surface area contributed by atoms with Gasteiger partial charge in [0.1, 0.15) is 4.21 Å². The number of sulfonamides is 1. The van der Waals surface area contributed by atoms with Gasteiger partial charge in [-0.25, -0.2) is 17.5 Å². The summed E-state index contributed by atoms with van der Waals surface area (Å²) in [5.74, 6) is -0.768. The Balaban J connectivity index is 1.89. The minimum Gasteiger partial charge on any atom is -0.381 e. The van der Waals surface area contributed by atoms with Crippen LogP contribution in [0.2, 0.25) is 0 Å². The van der Waals surface area contributed by atoms with Crippen molar-refractivity contribution in [1.29, 1.82) is 0 Å². The van der Waals surface area contributed by atoms with E-state index in [1.165, 1.54) is 18.2 Å². The number of hydrogen-bond acceptors (Lipinski definition) is 6. The zero-order valence-corrected chi connectivity index (χ0v) is 13.7. The van der Waals surface area contributed by atoms with Crippen molar-refractivity contribution in [2.75, 3.05) is 18.4 Å². The van der Waals surface area contributed by atoms with Gasteiger partial charge in [0, 0.05) is 24.0 Å². The summed E-state index contributed by atoms with van der Waals surface area (Å²) in [6, 6.07) is 6.45. The summed E-state index contributed by atoms with van der Waals surface area (Å²) >= 11 is 1.16. The molecule has 10 heteroatoms. The lowest BCUT2D eigenvalue weighted by Gasteiger charge is -2.08. The minimum absolute atomic E-state index is 0.0513. The van der Waals surface area contributed by atoms with E-state index in [0.717, 1.165) is 22.3 Å². The fourth-order valence-corrected chi connectivity index (χ4v) is 4.13. The lowest BCUT2D eigenvalue weighted by Crippen LogP contribution is -2.28. The second-order valence-corrected chi connectivity index (χ2v) is 7.89. The molecule has 0 aliphatic heterocycles. The molecule has 0 bridgehead atoms. The first kappa shape index (κ1) is 17.3. The molecule has 0 fully saturated rings. The molecule has 2 aromatic rings. The first-order valence-electron chi connectivity index (χ1n) is 6.53. The molecule has 2 N–H and O–H groups in total. The van der Waals surface area contributed by atoms with Crippen molar-refractivity contribution >= 4 is 32.7 Å². The van der Waals surface area contributed by atoms with Gasteiger partial charge in [-0.05, 0) is 25.1 Å². The second-order valence-electron chi connectivity index (χ2n) is 4.61. The molecular weight excluding hydrogens is 345 g/mol. The van der Waals surface area contributed by atoms with E-state index >= 15 is 0 Å². The van der Waals surface area contributed by atoms with E-state index in [0.29, 0.717) is 0 Å². The molecule has 124 valence electrons. The molecule has 2 rings (SSSR count). The number of nitrogens with zero attached hydrogens (tertiary/aromatic N) is 1. The number of nitro benzene ring substituents is 1. The maximum atomic E-state index is 13.6. The van der Waals surface area contributed by atoms with Crippen molar-refractivity contribution in [3.05, 3.63) is 51.1 Å². The zero-order chi connectivity index (χ0) is 17.0. The van der Waals surface area contributed by atoms with E-state index in [9.17, 15) is 22.9 Å². The van der Waals surface area contributed by atoms with E-state index in [2.05, 4.69) is 10.0 Å². The van der Waals surface area contributed by atoms with E-state index in [1.54, 1.807) is 6.07 Å². The summed E-state index contributed by atoms with van der Waals surface area (Å²) in [7, 11) is -3.58. The monoisotopic (exact) mass is 359 g/mol. The molecule has 0 aliphatic carbocycles. The van der Waals surface area contributed by atoms with Gasteiger partial charge in [-0.3, -0.25) is 10.1 Å². The molecule has 0 saturated carbocycles. The predicted octanol–water partition coefficient (Wildman–Crippen LogP) is 2.49. The van der Waals surface area contributed by atoms with Crippen LogP contribution in [-0.4, -0.2) is 26.4 Å². The molecule has 1 aromatic carbocycles. The van der Waals surface area contributed by atoms with Gasteiger partial charge in [0.05, 0.1) is 16.7 Å². The van der Waals surface area contributed by atoms with Crippen LogP contribution in [0.1, 0.15) is 4.88 Å². The lowest BCUT2D eigenvalue weighted by atomic mass is 10.2. The highest BCUT2D eigenvalue weighted by atomic mass is 32.2. The molecule has 23 heavy (non-hydrogen) atoms. The first-order chi connectivity index (χ1) is 10.8. The molecule has 0 unspecified atom stereocenters. The number of aryl methyl sites for hydroxylation is 1. The van der Waals surface area contributed by atoms with E-state index in [1.807, 2.05) is 6.92 Å². The van der Waals surface area contributed by atoms with Crippen LogP contribution in [0.5, 0.6) is 0 Å². The van der Waals surface area contributed by atoms with Gasteiger partial charge < -0.3 is 5.32 Å². The first-order valence-corrected chi connectivity index (χ1v) is 8.83. The van der Waals surface area contributed by atoms with Crippen LogP contribution in [-0.2, 0) is 10.0 Å². The second kappa shape index (κ2) is 7.02. The molecule has 0 aliphatic rings. The Kier molecular flexibility index (Phi) is 5.29. The fraction of sp³-hybridized carbons (Fsp3) is 0.231. The van der Waals surface area contributed by atoms with Crippen LogP contribution in [0.15, 0.2) is 34.5 Å². The average Bonchev–Trinajstić information content (AvgIpc) is 2.92. The molecule has 0 atom stereocenters. The van der Waals surface area contributed by atoms with E-state index in [-0.39, 0.29) is 28.7 Å². The van der Waals surface area contributed by atoms with Crippen LogP contribution < -0.4 is 10.0 Å². The van der Waals surface area contributed by atoms with Gasteiger partial charge >= 0.3 is 0 Å². The number of rotatable bonds is 7. The summed E-state index contributed by atoms with van der Waals surface area (Å²) in [4.78, 5) is 10.7. The molecule has 1 aromatic heterocycles. The zero-order valence-electron chi connectivity index (χ0n) is 12.1. The third kappa shape index (κ3) is 4.47. The van der Waals surface area contributed by atoms with Crippen molar-refractivity contribution in [1.82, 2.24) is 4.72 Å². The largest absolute Gasteiger partial charge is 0.381 e. The minimum atomic E-state index is -3.58. The number of halogens is 1. The van der Waals surface area contributed by atoms with Crippen LogP contribution >= 0.6 is 11.3 Å². The Bertz CT molecular complexity index is 820. The van der Waals surface area contributed by atoms with Crippen LogP contribution in [0.3, 0.4) is 0 Å². The number of hydrogen-bond donors (Lipinski definition) is 2. The Hall–Kier alpha value is -2.04. The van der Waals surface area contributed by atoms with Crippen LogP contribution in [0.25, 0.3) is 0 Å². The Morgan fingerprint density at radius 2 is 2.00 bits per heavy atom. The molecule has 0 radical (unpaired) electrons. The highest BCUT2D eigenvalue weighted by molar-refractivity contribution is 7.91. The topological polar surface area (TPSA) is 101 Å². The highest BCUT2D eigenvalue weighted by Crippen LogP contribution is 2.21. The number of thiophene rings is 1. The molecular formula is C13H14FN3O4S2. The van der Waals surface area contributed by atoms with Crippen molar-refractivity contribution in [3.8, 4) is 0 Å². The van der Waals surface area contributed by atoms with Gasteiger partial charge in [0.2, 0.25) is 10.0 Å². The number of anilines is 1. The van der Waals surface area contributed by atoms with Crippen molar-refractivity contribution in [3.63, 3.8) is 0 Å².